The van der Waals surface area contributed by atoms with Crippen molar-refractivity contribution in [3.8, 4) is 0 Å². The van der Waals surface area contributed by atoms with Crippen LogP contribution in [0.2, 0.25) is 0 Å². The summed E-state index contributed by atoms with van der Waals surface area (Å²) in [4.78, 5) is 30.4. The Morgan fingerprint density at radius 2 is 2.00 bits per heavy atom. The number of hydrogen-bond donors (Lipinski definition) is 2. The number of nitrogens with zero attached hydrogens (tertiary/aromatic N) is 6. The van der Waals surface area contributed by atoms with E-state index in [4.69, 9.17) is 14.5 Å². The van der Waals surface area contributed by atoms with Crippen LogP contribution < -0.4 is 15.1 Å². The number of rotatable bonds is 5. The van der Waals surface area contributed by atoms with E-state index >= 15 is 0 Å². The van der Waals surface area contributed by atoms with E-state index in [1.807, 2.05) is 17.9 Å². The summed E-state index contributed by atoms with van der Waals surface area (Å²) < 4.78 is 10.9. The number of morpholine rings is 2. The minimum Gasteiger partial charge on any atom is -0.459 e. The monoisotopic (exact) mass is 412 g/mol. The van der Waals surface area contributed by atoms with Gasteiger partial charge in [-0.2, -0.15) is 20.1 Å². The molecule has 11 nitrogen and oxygen atoms in total. The van der Waals surface area contributed by atoms with Gasteiger partial charge in [-0.05, 0) is 19.8 Å². The Hall–Kier alpha value is -2.95. The van der Waals surface area contributed by atoms with E-state index in [9.17, 15) is 4.79 Å². The van der Waals surface area contributed by atoms with Crippen molar-refractivity contribution in [2.24, 2.45) is 0 Å². The molecule has 2 N–H and O–H groups in total. The average molecular weight is 412 g/mol. The van der Waals surface area contributed by atoms with Crippen LogP contribution in [0, 0.1) is 0 Å². The highest BCUT2D eigenvalue weighted by atomic mass is 16.6. The Morgan fingerprint density at radius 1 is 1.20 bits per heavy atom. The van der Waals surface area contributed by atoms with Crippen LogP contribution in [-0.2, 0) is 14.3 Å². The minimum atomic E-state index is -0.739. The van der Waals surface area contributed by atoms with Crippen molar-refractivity contribution in [1.29, 1.82) is 0 Å². The lowest BCUT2D eigenvalue weighted by atomic mass is 10.0. The second-order valence-corrected chi connectivity index (χ2v) is 8.58. The van der Waals surface area contributed by atoms with Crippen LogP contribution in [0.4, 0.5) is 23.7 Å². The van der Waals surface area contributed by atoms with Crippen molar-refractivity contribution >= 4 is 29.6 Å². The molecule has 2 aromatic heterocycles. The standard InChI is InChI=1S/C19H24N8O3/c1-19-9-12(30-15(19)28)10-27(19)18-22-16(20-14-8-13(24-25-14)11-2-3-11)21-17(23-18)26-4-6-29-7-5-26/h8,11-12H,2-7,9-10H2,1H3,(H2,20,21,22,23,24,25)/t12-,19-/m0/s1. The molecule has 2 bridgehead atoms. The summed E-state index contributed by atoms with van der Waals surface area (Å²) in [5.41, 5.74) is 0.393. The minimum absolute atomic E-state index is 0.116. The third-order valence-electron chi connectivity index (χ3n) is 6.32. The molecule has 0 radical (unpaired) electrons. The number of aromatic nitrogens is 5. The molecule has 158 valence electrons. The van der Waals surface area contributed by atoms with Crippen molar-refractivity contribution in [3.05, 3.63) is 11.8 Å². The number of anilines is 4. The summed E-state index contributed by atoms with van der Waals surface area (Å²) >= 11 is 0. The zero-order valence-electron chi connectivity index (χ0n) is 16.8. The van der Waals surface area contributed by atoms with Crippen LogP contribution in [-0.4, -0.2) is 75.6 Å². The zero-order chi connectivity index (χ0) is 20.3. The van der Waals surface area contributed by atoms with E-state index in [0.29, 0.717) is 68.8 Å². The summed E-state index contributed by atoms with van der Waals surface area (Å²) in [6.45, 7) is 5.15. The molecule has 3 aliphatic heterocycles. The lowest BCUT2D eigenvalue weighted by Gasteiger charge is -2.34. The number of ether oxygens (including phenoxy) is 2. The lowest BCUT2D eigenvalue weighted by Crippen LogP contribution is -2.51. The highest BCUT2D eigenvalue weighted by molar-refractivity contribution is 5.88. The number of carbonyl (C=O) groups is 1. The van der Waals surface area contributed by atoms with E-state index < -0.39 is 5.54 Å². The first-order valence-corrected chi connectivity index (χ1v) is 10.5. The fraction of sp³-hybridized carbons (Fsp3) is 0.632. The van der Waals surface area contributed by atoms with Crippen molar-refractivity contribution < 1.29 is 14.3 Å². The molecule has 11 heteroatoms. The van der Waals surface area contributed by atoms with Gasteiger partial charge in [0.25, 0.3) is 0 Å². The van der Waals surface area contributed by atoms with Crippen LogP contribution in [0.1, 0.15) is 37.8 Å². The zero-order valence-corrected chi connectivity index (χ0v) is 16.8. The van der Waals surface area contributed by atoms with Gasteiger partial charge in [0.05, 0.1) is 19.8 Å². The molecule has 1 saturated carbocycles. The van der Waals surface area contributed by atoms with Gasteiger partial charge in [-0.25, -0.2) is 4.79 Å². The predicted molar refractivity (Wildman–Crippen MR) is 107 cm³/mol. The van der Waals surface area contributed by atoms with E-state index in [1.54, 1.807) is 0 Å². The van der Waals surface area contributed by atoms with Crippen LogP contribution in [0.25, 0.3) is 0 Å². The van der Waals surface area contributed by atoms with Crippen molar-refractivity contribution in [3.63, 3.8) is 0 Å². The topological polar surface area (TPSA) is 121 Å². The highest BCUT2D eigenvalue weighted by Gasteiger charge is 2.57. The number of carbonyl (C=O) groups excluding carboxylic acids is 1. The maximum atomic E-state index is 12.4. The van der Waals surface area contributed by atoms with E-state index in [-0.39, 0.29) is 12.1 Å². The molecule has 5 heterocycles. The number of fused-ring (bicyclic) bond motifs is 2. The number of hydrogen-bond acceptors (Lipinski definition) is 10. The second-order valence-electron chi connectivity index (χ2n) is 8.58. The van der Waals surface area contributed by atoms with Crippen molar-refractivity contribution in [2.75, 3.05) is 48.0 Å². The van der Waals surface area contributed by atoms with Gasteiger partial charge in [0.2, 0.25) is 17.8 Å². The first kappa shape index (κ1) is 17.9. The van der Waals surface area contributed by atoms with Crippen LogP contribution >= 0.6 is 0 Å². The summed E-state index contributed by atoms with van der Waals surface area (Å²) in [5.74, 6) is 2.50. The smallest absolute Gasteiger partial charge is 0.332 e. The van der Waals surface area contributed by atoms with Gasteiger partial charge < -0.3 is 24.6 Å². The quantitative estimate of drug-likeness (QED) is 0.686. The van der Waals surface area contributed by atoms with Crippen molar-refractivity contribution in [1.82, 2.24) is 25.1 Å². The number of esters is 1. The Labute approximate surface area is 173 Å². The molecule has 3 saturated heterocycles. The molecule has 0 unspecified atom stereocenters. The maximum absolute atomic E-state index is 12.4. The highest BCUT2D eigenvalue weighted by Crippen LogP contribution is 2.41. The SMILES string of the molecule is C[C@@]12C[C@@H](CN1c1nc(Nc3cc(C4CC4)[nH]n3)nc(N3CCOCC3)n1)OC2=O. The Bertz CT molecular complexity index is 986. The van der Waals surface area contributed by atoms with Gasteiger partial charge in [0.15, 0.2) is 5.82 Å². The third-order valence-corrected chi connectivity index (χ3v) is 6.32. The molecule has 4 aliphatic rings. The molecular formula is C19H24N8O3. The van der Waals surface area contributed by atoms with Gasteiger partial charge in [-0.1, -0.05) is 0 Å². The van der Waals surface area contributed by atoms with E-state index in [1.165, 1.54) is 12.8 Å². The van der Waals surface area contributed by atoms with Crippen LogP contribution in [0.3, 0.4) is 0 Å². The normalized spacial score (nSPS) is 28.2. The third kappa shape index (κ3) is 2.95. The second kappa shape index (κ2) is 6.53. The molecule has 30 heavy (non-hydrogen) atoms. The fourth-order valence-corrected chi connectivity index (χ4v) is 4.43. The summed E-state index contributed by atoms with van der Waals surface area (Å²) in [6, 6.07) is 2.01. The molecule has 6 rings (SSSR count). The lowest BCUT2D eigenvalue weighted by molar-refractivity contribution is -0.147. The number of nitrogens with one attached hydrogen (secondary N) is 2. The molecule has 0 spiro atoms. The maximum Gasteiger partial charge on any atom is 0.332 e. The van der Waals surface area contributed by atoms with Gasteiger partial charge in [0.1, 0.15) is 11.6 Å². The van der Waals surface area contributed by atoms with Crippen LogP contribution in [0.5, 0.6) is 0 Å². The molecule has 0 amide bonds. The molecule has 2 atom stereocenters. The number of H-pyrrole nitrogens is 1. The largest absolute Gasteiger partial charge is 0.459 e. The van der Waals surface area contributed by atoms with E-state index in [2.05, 4.69) is 30.4 Å². The van der Waals surface area contributed by atoms with Gasteiger partial charge in [-0.3, -0.25) is 5.10 Å². The first-order valence-electron chi connectivity index (χ1n) is 10.5. The molecular weight excluding hydrogens is 388 g/mol. The Morgan fingerprint density at radius 3 is 2.73 bits per heavy atom. The first-order chi connectivity index (χ1) is 14.6. The Kier molecular flexibility index (Phi) is 3.89. The van der Waals surface area contributed by atoms with E-state index in [0.717, 1.165) is 5.69 Å². The predicted octanol–water partition coefficient (Wildman–Crippen LogP) is 0.946. The van der Waals surface area contributed by atoms with Gasteiger partial charge >= 0.3 is 5.97 Å². The summed E-state index contributed by atoms with van der Waals surface area (Å²) in [5, 5.41) is 10.6. The molecule has 0 aromatic carbocycles. The molecule has 4 fully saturated rings. The fourth-order valence-electron chi connectivity index (χ4n) is 4.43. The molecule has 1 aliphatic carbocycles. The number of aromatic amines is 1. The van der Waals surface area contributed by atoms with Crippen LogP contribution in [0.15, 0.2) is 6.07 Å². The Balaban J connectivity index is 1.34. The van der Waals surface area contributed by atoms with Gasteiger partial charge in [-0.15, -0.1) is 0 Å². The average Bonchev–Trinajstić information content (AvgIpc) is 3.31. The van der Waals surface area contributed by atoms with Gasteiger partial charge in [0, 0.05) is 37.2 Å². The summed E-state index contributed by atoms with van der Waals surface area (Å²) in [7, 11) is 0. The van der Waals surface area contributed by atoms with Crippen molar-refractivity contribution in [2.45, 2.75) is 43.7 Å². The molecule has 2 aromatic rings. The summed E-state index contributed by atoms with van der Waals surface area (Å²) in [6.07, 6.45) is 2.93.